The van der Waals surface area contributed by atoms with Gasteiger partial charge < -0.3 is 15.2 Å². The minimum absolute atomic E-state index is 0.0325. The van der Waals surface area contributed by atoms with Crippen molar-refractivity contribution in [2.75, 3.05) is 14.2 Å². The summed E-state index contributed by atoms with van der Waals surface area (Å²) in [6, 6.07) is 13.2. The highest BCUT2D eigenvalue weighted by atomic mass is 32.2. The molecule has 0 aliphatic rings. The van der Waals surface area contributed by atoms with Crippen molar-refractivity contribution in [3.8, 4) is 11.5 Å². The Kier molecular flexibility index (Phi) is 4.53. The summed E-state index contributed by atoms with van der Waals surface area (Å²) >= 11 is 1.50. The molecular formula is C15H16N2O2S. The van der Waals surface area contributed by atoms with Crippen LogP contribution < -0.4 is 15.2 Å². The molecule has 0 fully saturated rings. The number of hydrogen-bond acceptors (Lipinski definition) is 4. The Morgan fingerprint density at radius 1 is 1.05 bits per heavy atom. The summed E-state index contributed by atoms with van der Waals surface area (Å²) in [4.78, 5) is 1.83. The number of nitrogens with two attached hydrogens (primary N) is 1. The van der Waals surface area contributed by atoms with Crippen molar-refractivity contribution in [1.29, 1.82) is 5.41 Å². The summed E-state index contributed by atoms with van der Waals surface area (Å²) < 4.78 is 10.6. The van der Waals surface area contributed by atoms with Gasteiger partial charge in [-0.3, -0.25) is 5.41 Å². The quantitative estimate of drug-likeness (QED) is 0.655. The first kappa shape index (κ1) is 14.3. The number of rotatable bonds is 5. The maximum Gasteiger partial charge on any atom is 0.132 e. The first-order valence-electron chi connectivity index (χ1n) is 5.99. The molecule has 0 radical (unpaired) electrons. The molecule has 0 unspecified atom stereocenters. The van der Waals surface area contributed by atoms with Crippen molar-refractivity contribution >= 4 is 17.6 Å². The molecule has 2 aromatic rings. The third kappa shape index (κ3) is 3.05. The summed E-state index contributed by atoms with van der Waals surface area (Å²) in [5.74, 6) is 1.55. The number of nitrogen functional groups attached to an aromatic ring is 1. The second-order valence-electron chi connectivity index (χ2n) is 4.03. The van der Waals surface area contributed by atoms with Crippen LogP contribution in [0.25, 0.3) is 0 Å². The van der Waals surface area contributed by atoms with Crippen LogP contribution in [0, 0.1) is 5.41 Å². The Bertz CT molecular complexity index is 629. The van der Waals surface area contributed by atoms with Crippen molar-refractivity contribution in [3.05, 3.63) is 48.0 Å². The van der Waals surface area contributed by atoms with Crippen LogP contribution in [0.15, 0.2) is 52.3 Å². The van der Waals surface area contributed by atoms with Crippen LogP contribution in [0.1, 0.15) is 5.56 Å². The zero-order chi connectivity index (χ0) is 14.5. The Balaban J connectivity index is 2.43. The molecule has 104 valence electrons. The molecule has 0 atom stereocenters. The summed E-state index contributed by atoms with van der Waals surface area (Å²) in [6.45, 7) is 0. The standard InChI is InChI=1S/C15H16N2O2S/c1-18-10-7-8-11(15(16)17)14(9-10)20-13-6-4-3-5-12(13)19-2/h3-9H,1-2H3,(H3,16,17). The molecule has 0 heterocycles. The van der Waals surface area contributed by atoms with Crippen LogP contribution in [0.3, 0.4) is 0 Å². The van der Waals surface area contributed by atoms with Crippen molar-refractivity contribution in [2.24, 2.45) is 5.73 Å². The van der Waals surface area contributed by atoms with Gasteiger partial charge in [-0.25, -0.2) is 0 Å². The van der Waals surface area contributed by atoms with Gasteiger partial charge in [-0.05, 0) is 30.3 Å². The number of amidine groups is 1. The van der Waals surface area contributed by atoms with E-state index in [2.05, 4.69) is 0 Å². The van der Waals surface area contributed by atoms with Gasteiger partial charge in [0.15, 0.2) is 0 Å². The summed E-state index contributed by atoms with van der Waals surface area (Å²) in [5, 5.41) is 7.66. The molecule has 0 aliphatic heterocycles. The average molecular weight is 288 g/mol. The summed E-state index contributed by atoms with van der Waals surface area (Å²) in [6.07, 6.45) is 0. The second-order valence-corrected chi connectivity index (χ2v) is 5.11. The van der Waals surface area contributed by atoms with Gasteiger partial charge in [0.1, 0.15) is 17.3 Å². The largest absolute Gasteiger partial charge is 0.497 e. The zero-order valence-corrected chi connectivity index (χ0v) is 12.2. The Hall–Kier alpha value is -2.14. The van der Waals surface area contributed by atoms with Crippen molar-refractivity contribution in [2.45, 2.75) is 9.79 Å². The first-order chi connectivity index (χ1) is 9.65. The van der Waals surface area contributed by atoms with Gasteiger partial charge in [-0.15, -0.1) is 0 Å². The minimum atomic E-state index is 0.0325. The highest BCUT2D eigenvalue weighted by molar-refractivity contribution is 7.99. The lowest BCUT2D eigenvalue weighted by molar-refractivity contribution is 0.404. The number of nitrogens with one attached hydrogen (secondary N) is 1. The van der Waals surface area contributed by atoms with Crippen molar-refractivity contribution in [1.82, 2.24) is 0 Å². The molecule has 3 N–H and O–H groups in total. The lowest BCUT2D eigenvalue weighted by Crippen LogP contribution is -2.12. The molecule has 0 saturated heterocycles. The van der Waals surface area contributed by atoms with E-state index in [-0.39, 0.29) is 5.84 Å². The van der Waals surface area contributed by atoms with E-state index < -0.39 is 0 Å². The maximum absolute atomic E-state index is 7.66. The Morgan fingerprint density at radius 3 is 2.45 bits per heavy atom. The van der Waals surface area contributed by atoms with E-state index in [0.29, 0.717) is 5.56 Å². The third-order valence-electron chi connectivity index (χ3n) is 2.77. The lowest BCUT2D eigenvalue weighted by Gasteiger charge is -2.12. The molecule has 0 saturated carbocycles. The van der Waals surface area contributed by atoms with Crippen LogP contribution >= 0.6 is 11.8 Å². The molecule has 0 spiro atoms. The number of hydrogen-bond donors (Lipinski definition) is 2. The lowest BCUT2D eigenvalue weighted by atomic mass is 10.2. The van der Waals surface area contributed by atoms with E-state index in [1.165, 1.54) is 11.8 Å². The normalized spacial score (nSPS) is 10.1. The molecule has 5 heteroatoms. The number of para-hydroxylation sites is 1. The second kappa shape index (κ2) is 6.34. The molecule has 0 aromatic heterocycles. The van der Waals surface area contributed by atoms with Crippen LogP contribution in [-0.4, -0.2) is 20.1 Å². The van der Waals surface area contributed by atoms with Crippen LogP contribution in [-0.2, 0) is 0 Å². The molecular weight excluding hydrogens is 272 g/mol. The number of benzene rings is 2. The van der Waals surface area contributed by atoms with E-state index in [0.717, 1.165) is 21.3 Å². The van der Waals surface area contributed by atoms with Gasteiger partial charge >= 0.3 is 0 Å². The smallest absolute Gasteiger partial charge is 0.132 e. The van der Waals surface area contributed by atoms with E-state index in [1.54, 1.807) is 26.4 Å². The average Bonchev–Trinajstić information content (AvgIpc) is 2.47. The Morgan fingerprint density at radius 2 is 1.80 bits per heavy atom. The molecule has 0 amide bonds. The van der Waals surface area contributed by atoms with Gasteiger partial charge in [0.2, 0.25) is 0 Å². The van der Waals surface area contributed by atoms with Crippen molar-refractivity contribution in [3.63, 3.8) is 0 Å². The van der Waals surface area contributed by atoms with E-state index in [9.17, 15) is 0 Å². The Labute approximate surface area is 122 Å². The fourth-order valence-corrected chi connectivity index (χ4v) is 2.86. The number of ether oxygens (including phenoxy) is 2. The highest BCUT2D eigenvalue weighted by Crippen LogP contribution is 2.37. The number of methoxy groups -OCH3 is 2. The monoisotopic (exact) mass is 288 g/mol. The SMILES string of the molecule is COc1ccc(C(=N)N)c(Sc2ccccc2OC)c1. The van der Waals surface area contributed by atoms with E-state index in [1.807, 2.05) is 30.3 Å². The maximum atomic E-state index is 7.66. The molecule has 20 heavy (non-hydrogen) atoms. The third-order valence-corrected chi connectivity index (χ3v) is 3.88. The fraction of sp³-hybridized carbons (Fsp3) is 0.133. The topological polar surface area (TPSA) is 68.3 Å². The van der Waals surface area contributed by atoms with Gasteiger partial charge in [0, 0.05) is 10.5 Å². The van der Waals surface area contributed by atoms with Crippen LogP contribution in [0.4, 0.5) is 0 Å². The van der Waals surface area contributed by atoms with Gasteiger partial charge in [0.25, 0.3) is 0 Å². The minimum Gasteiger partial charge on any atom is -0.497 e. The molecule has 4 nitrogen and oxygen atoms in total. The summed E-state index contributed by atoms with van der Waals surface area (Å²) in [5.41, 5.74) is 6.31. The van der Waals surface area contributed by atoms with Crippen molar-refractivity contribution < 1.29 is 9.47 Å². The molecule has 0 aliphatic carbocycles. The highest BCUT2D eigenvalue weighted by Gasteiger charge is 2.11. The predicted molar refractivity (Wildman–Crippen MR) is 81.1 cm³/mol. The zero-order valence-electron chi connectivity index (χ0n) is 11.3. The van der Waals surface area contributed by atoms with Crippen LogP contribution in [0.5, 0.6) is 11.5 Å². The molecule has 0 bridgehead atoms. The van der Waals surface area contributed by atoms with E-state index >= 15 is 0 Å². The van der Waals surface area contributed by atoms with Gasteiger partial charge in [-0.1, -0.05) is 23.9 Å². The van der Waals surface area contributed by atoms with Gasteiger partial charge in [-0.2, -0.15) is 0 Å². The van der Waals surface area contributed by atoms with Crippen LogP contribution in [0.2, 0.25) is 0 Å². The van der Waals surface area contributed by atoms with E-state index in [4.69, 9.17) is 20.6 Å². The summed E-state index contributed by atoms with van der Waals surface area (Å²) in [7, 11) is 3.25. The predicted octanol–water partition coefficient (Wildman–Crippen LogP) is 3.14. The molecule has 2 rings (SSSR count). The van der Waals surface area contributed by atoms with Gasteiger partial charge in [0.05, 0.1) is 19.1 Å². The fourth-order valence-electron chi connectivity index (χ4n) is 1.76. The molecule has 2 aromatic carbocycles. The first-order valence-corrected chi connectivity index (χ1v) is 6.80.